The van der Waals surface area contributed by atoms with E-state index in [0.29, 0.717) is 6.42 Å². The zero-order valence-electron chi connectivity index (χ0n) is 9.16. The molecule has 1 N–H and O–H groups in total. The summed E-state index contributed by atoms with van der Waals surface area (Å²) >= 11 is 0. The summed E-state index contributed by atoms with van der Waals surface area (Å²) in [7, 11) is 0. The van der Waals surface area contributed by atoms with Gasteiger partial charge in [0.2, 0.25) is 0 Å². The molecular weight excluding hydrogens is 188 g/mol. The third-order valence-corrected chi connectivity index (χ3v) is 2.19. The monoisotopic (exact) mass is 204 g/mol. The summed E-state index contributed by atoms with van der Waals surface area (Å²) in [6.07, 6.45) is 2.69. The number of carbonyl (C=O) groups excluding carboxylic acids is 1. The van der Waals surface area contributed by atoms with E-state index in [2.05, 4.69) is 6.92 Å². The van der Waals surface area contributed by atoms with E-state index >= 15 is 0 Å². The summed E-state index contributed by atoms with van der Waals surface area (Å²) in [4.78, 5) is 10.7. The van der Waals surface area contributed by atoms with Crippen LogP contribution in [0.25, 0.3) is 0 Å². The highest BCUT2D eigenvalue weighted by Crippen LogP contribution is 2.08. The Balaban J connectivity index is 2.69. The van der Waals surface area contributed by atoms with Crippen molar-refractivity contribution in [3.63, 3.8) is 0 Å². The lowest BCUT2D eigenvalue weighted by Gasteiger charge is -2.02. The van der Waals surface area contributed by atoms with Gasteiger partial charge in [0.25, 0.3) is 0 Å². The Labute approximate surface area is 90.3 Å². The highest BCUT2D eigenvalue weighted by atomic mass is 16.3. The molecule has 1 aromatic rings. The second kappa shape index (κ2) is 5.35. The summed E-state index contributed by atoms with van der Waals surface area (Å²) in [5.41, 5.74) is 2.29. The lowest BCUT2D eigenvalue weighted by atomic mass is 10.1. The molecule has 1 rings (SSSR count). The fourth-order valence-electron chi connectivity index (χ4n) is 1.39. The topological polar surface area (TPSA) is 37.3 Å². The maximum absolute atomic E-state index is 10.7. The molecule has 0 amide bonds. The first kappa shape index (κ1) is 11.5. The van der Waals surface area contributed by atoms with E-state index in [9.17, 15) is 9.90 Å². The first-order valence-electron chi connectivity index (χ1n) is 5.09. The highest BCUT2D eigenvalue weighted by molar-refractivity contribution is 5.87. The number of carbonyl (C=O) groups is 1. The molecule has 1 aromatic carbocycles. The van der Waals surface area contributed by atoms with Crippen LogP contribution >= 0.6 is 0 Å². The van der Waals surface area contributed by atoms with Gasteiger partial charge in [-0.1, -0.05) is 31.2 Å². The standard InChI is InChI=1S/C13H16O2/c1-3-11-4-6-12(7-5-11)9-13(15)8-10(2)14/h4-8,15H,3,9H2,1-2H3/b13-8-. The van der Waals surface area contributed by atoms with Crippen molar-refractivity contribution in [2.45, 2.75) is 26.7 Å². The number of aliphatic hydroxyl groups is 1. The predicted molar refractivity (Wildman–Crippen MR) is 60.9 cm³/mol. The van der Waals surface area contributed by atoms with E-state index in [0.717, 1.165) is 12.0 Å². The number of benzene rings is 1. The van der Waals surface area contributed by atoms with Crippen molar-refractivity contribution in [3.05, 3.63) is 47.2 Å². The van der Waals surface area contributed by atoms with E-state index in [1.165, 1.54) is 18.6 Å². The van der Waals surface area contributed by atoms with Gasteiger partial charge < -0.3 is 5.11 Å². The molecule has 0 atom stereocenters. The largest absolute Gasteiger partial charge is 0.512 e. The van der Waals surface area contributed by atoms with E-state index in [1.54, 1.807) is 0 Å². The Kier molecular flexibility index (Phi) is 4.10. The first-order valence-corrected chi connectivity index (χ1v) is 5.09. The highest BCUT2D eigenvalue weighted by Gasteiger charge is 1.98. The van der Waals surface area contributed by atoms with Crippen molar-refractivity contribution >= 4 is 5.78 Å². The molecule has 0 saturated carbocycles. The minimum Gasteiger partial charge on any atom is -0.512 e. The van der Waals surface area contributed by atoms with Crippen LogP contribution in [0.15, 0.2) is 36.1 Å². The molecule has 0 aliphatic rings. The van der Waals surface area contributed by atoms with E-state index in [1.807, 2.05) is 24.3 Å². The van der Waals surface area contributed by atoms with Crippen molar-refractivity contribution in [2.24, 2.45) is 0 Å². The van der Waals surface area contributed by atoms with Gasteiger partial charge in [-0.3, -0.25) is 4.79 Å². The Hall–Kier alpha value is -1.57. The molecule has 0 unspecified atom stereocenters. The number of allylic oxidation sites excluding steroid dienone is 2. The molecule has 0 fully saturated rings. The first-order chi connectivity index (χ1) is 7.11. The zero-order valence-corrected chi connectivity index (χ0v) is 9.16. The van der Waals surface area contributed by atoms with E-state index in [-0.39, 0.29) is 11.5 Å². The molecule has 0 bridgehead atoms. The van der Waals surface area contributed by atoms with E-state index < -0.39 is 0 Å². The molecule has 0 radical (unpaired) electrons. The third kappa shape index (κ3) is 3.98. The summed E-state index contributed by atoms with van der Waals surface area (Å²) < 4.78 is 0. The van der Waals surface area contributed by atoms with Gasteiger partial charge in [-0.25, -0.2) is 0 Å². The van der Waals surface area contributed by atoms with Gasteiger partial charge in [-0.05, 0) is 24.5 Å². The summed E-state index contributed by atoms with van der Waals surface area (Å²) in [6, 6.07) is 8.03. The second-order valence-electron chi connectivity index (χ2n) is 3.59. The van der Waals surface area contributed by atoms with Crippen LogP contribution in [0.4, 0.5) is 0 Å². The number of aryl methyl sites for hydroxylation is 1. The van der Waals surface area contributed by atoms with Gasteiger partial charge in [0.15, 0.2) is 5.78 Å². The van der Waals surface area contributed by atoms with Crippen LogP contribution in [0.3, 0.4) is 0 Å². The fraction of sp³-hybridized carbons (Fsp3) is 0.308. The molecule has 0 spiro atoms. The van der Waals surface area contributed by atoms with Crippen molar-refractivity contribution < 1.29 is 9.90 Å². The fourth-order valence-corrected chi connectivity index (χ4v) is 1.39. The lowest BCUT2D eigenvalue weighted by molar-refractivity contribution is -0.112. The van der Waals surface area contributed by atoms with Gasteiger partial charge >= 0.3 is 0 Å². The molecular formula is C13H16O2. The van der Waals surface area contributed by atoms with Crippen LogP contribution in [-0.2, 0) is 17.6 Å². The van der Waals surface area contributed by atoms with Crippen LogP contribution in [0.2, 0.25) is 0 Å². The molecule has 0 saturated heterocycles. The molecule has 2 nitrogen and oxygen atoms in total. The molecule has 0 aliphatic heterocycles. The van der Waals surface area contributed by atoms with Crippen LogP contribution in [0.5, 0.6) is 0 Å². The molecule has 0 heterocycles. The summed E-state index contributed by atoms with van der Waals surface area (Å²) in [5.74, 6) is -0.00979. The minimum atomic E-state index is -0.127. The molecule has 0 aromatic heterocycles. The quantitative estimate of drug-likeness (QED) is 0.605. The third-order valence-electron chi connectivity index (χ3n) is 2.19. The zero-order chi connectivity index (χ0) is 11.3. The van der Waals surface area contributed by atoms with Gasteiger partial charge in [0, 0.05) is 12.5 Å². The molecule has 80 valence electrons. The number of rotatable bonds is 4. The molecule has 2 heteroatoms. The van der Waals surface area contributed by atoms with Gasteiger partial charge in [-0.15, -0.1) is 0 Å². The Morgan fingerprint density at radius 2 is 1.80 bits per heavy atom. The Bertz CT molecular complexity index is 361. The number of hydrogen-bond donors (Lipinski definition) is 1. The van der Waals surface area contributed by atoms with Crippen molar-refractivity contribution in [2.75, 3.05) is 0 Å². The number of ketones is 1. The summed E-state index contributed by atoms with van der Waals surface area (Å²) in [5, 5.41) is 9.44. The maximum atomic E-state index is 10.7. The van der Waals surface area contributed by atoms with Crippen molar-refractivity contribution in [1.29, 1.82) is 0 Å². The maximum Gasteiger partial charge on any atom is 0.155 e. The Morgan fingerprint density at radius 1 is 1.27 bits per heavy atom. The average Bonchev–Trinajstić information content (AvgIpc) is 2.17. The van der Waals surface area contributed by atoms with Gasteiger partial charge in [-0.2, -0.15) is 0 Å². The van der Waals surface area contributed by atoms with Gasteiger partial charge in [0.05, 0.1) is 0 Å². The number of hydrogen-bond acceptors (Lipinski definition) is 2. The second-order valence-corrected chi connectivity index (χ2v) is 3.59. The summed E-state index contributed by atoms with van der Waals surface area (Å²) in [6.45, 7) is 3.53. The van der Waals surface area contributed by atoms with E-state index in [4.69, 9.17) is 0 Å². The predicted octanol–water partition coefficient (Wildman–Crippen LogP) is 2.82. The van der Waals surface area contributed by atoms with Crippen LogP contribution in [0, 0.1) is 0 Å². The van der Waals surface area contributed by atoms with Crippen LogP contribution in [-0.4, -0.2) is 10.9 Å². The van der Waals surface area contributed by atoms with Crippen LogP contribution < -0.4 is 0 Å². The average molecular weight is 204 g/mol. The Morgan fingerprint density at radius 3 is 2.27 bits per heavy atom. The minimum absolute atomic E-state index is 0.117. The molecule has 0 aliphatic carbocycles. The normalized spacial score (nSPS) is 11.5. The van der Waals surface area contributed by atoms with Crippen molar-refractivity contribution in [3.8, 4) is 0 Å². The van der Waals surface area contributed by atoms with Gasteiger partial charge in [0.1, 0.15) is 5.76 Å². The van der Waals surface area contributed by atoms with Crippen molar-refractivity contribution in [1.82, 2.24) is 0 Å². The smallest absolute Gasteiger partial charge is 0.155 e. The lowest BCUT2D eigenvalue weighted by Crippen LogP contribution is -1.93. The SMILES string of the molecule is CCc1ccc(C/C(O)=C/C(C)=O)cc1. The molecule has 15 heavy (non-hydrogen) atoms. The number of aliphatic hydroxyl groups excluding tert-OH is 1. The van der Waals surface area contributed by atoms with Crippen LogP contribution in [0.1, 0.15) is 25.0 Å².